The number of nitrogens with one attached hydrogen (secondary N) is 1. The lowest BCUT2D eigenvalue weighted by atomic mass is 10.2. The van der Waals surface area contributed by atoms with Crippen LogP contribution in [0.3, 0.4) is 0 Å². The molecule has 3 rings (SSSR count). The van der Waals surface area contributed by atoms with Crippen molar-refractivity contribution in [3.8, 4) is 0 Å². The predicted octanol–water partition coefficient (Wildman–Crippen LogP) is 4.25. The van der Waals surface area contributed by atoms with Crippen molar-refractivity contribution in [2.45, 2.75) is 0 Å². The summed E-state index contributed by atoms with van der Waals surface area (Å²) in [6, 6.07) is 6.91. The molecule has 0 aliphatic rings. The van der Waals surface area contributed by atoms with Crippen LogP contribution < -0.4 is 5.32 Å². The Labute approximate surface area is 148 Å². The number of ether oxygens (including phenoxy) is 1. The molecule has 2 aromatic carbocycles. The van der Waals surface area contributed by atoms with Crippen LogP contribution in [0.1, 0.15) is 9.67 Å². The first-order valence-electron chi connectivity index (χ1n) is 7.14. The van der Waals surface area contributed by atoms with Gasteiger partial charge in [0.1, 0.15) is 10.7 Å². The molecule has 0 atom stereocenters. The van der Waals surface area contributed by atoms with Gasteiger partial charge in [0.05, 0.1) is 5.69 Å². The molecular weight excluding hydrogens is 374 g/mol. The minimum absolute atomic E-state index is 0.150. The Bertz CT molecular complexity index is 1020. The summed E-state index contributed by atoms with van der Waals surface area (Å²) in [4.78, 5) is 23.8. The summed E-state index contributed by atoms with van der Waals surface area (Å²) in [5.41, 5.74) is -0.581. The summed E-state index contributed by atoms with van der Waals surface area (Å²) in [6.07, 6.45) is 0. The second kappa shape index (κ2) is 7.12. The maximum atomic E-state index is 13.5. The molecule has 3 aromatic rings. The quantitative estimate of drug-likeness (QED) is 0.416. The maximum absolute atomic E-state index is 13.5. The second-order valence-electron chi connectivity index (χ2n) is 5.14. The normalized spacial score (nSPS) is 10.8. The highest BCUT2D eigenvalue weighted by molar-refractivity contribution is 7.20. The zero-order valence-corrected chi connectivity index (χ0v) is 13.6. The van der Waals surface area contributed by atoms with Crippen LogP contribution in [-0.4, -0.2) is 18.5 Å². The smallest absolute Gasteiger partial charge is 0.348 e. The molecule has 0 aliphatic heterocycles. The van der Waals surface area contributed by atoms with Gasteiger partial charge in [-0.1, -0.05) is 0 Å². The summed E-state index contributed by atoms with van der Waals surface area (Å²) in [5, 5.41) is 2.48. The fourth-order valence-electron chi connectivity index (χ4n) is 2.13. The maximum Gasteiger partial charge on any atom is 0.348 e. The van der Waals surface area contributed by atoms with Crippen LogP contribution in [0.5, 0.6) is 0 Å². The Balaban J connectivity index is 1.63. The molecule has 134 valence electrons. The fourth-order valence-corrected chi connectivity index (χ4v) is 3.06. The molecule has 1 amide bonds. The lowest BCUT2D eigenvalue weighted by Gasteiger charge is -2.07. The Morgan fingerprint density at radius 2 is 1.77 bits per heavy atom. The zero-order valence-electron chi connectivity index (χ0n) is 12.8. The first-order chi connectivity index (χ1) is 12.3. The van der Waals surface area contributed by atoms with Gasteiger partial charge in [0.25, 0.3) is 5.91 Å². The molecular formula is C17H9F4NO3S. The first-order valence-corrected chi connectivity index (χ1v) is 7.96. The Hall–Kier alpha value is -2.94. The number of halogens is 4. The van der Waals surface area contributed by atoms with Crippen molar-refractivity contribution in [3.63, 3.8) is 0 Å². The molecule has 0 unspecified atom stereocenters. The topological polar surface area (TPSA) is 55.4 Å². The number of benzene rings is 2. The molecule has 26 heavy (non-hydrogen) atoms. The fraction of sp³-hybridized carbons (Fsp3) is 0.0588. The number of rotatable bonds is 4. The third-order valence-electron chi connectivity index (χ3n) is 3.32. The average Bonchev–Trinajstić information content (AvgIpc) is 3.03. The summed E-state index contributed by atoms with van der Waals surface area (Å²) in [5.74, 6) is -6.90. The van der Waals surface area contributed by atoms with E-state index in [1.807, 2.05) is 5.32 Å². The molecule has 9 heteroatoms. The molecule has 4 nitrogen and oxygen atoms in total. The number of amides is 1. The SMILES string of the molecule is O=C(COC(=O)c1cc2cc(F)ccc2s1)Nc1ccc(F)c(F)c1F. The van der Waals surface area contributed by atoms with Crippen LogP contribution in [-0.2, 0) is 9.53 Å². The molecule has 0 bridgehead atoms. The average molecular weight is 383 g/mol. The van der Waals surface area contributed by atoms with E-state index in [9.17, 15) is 27.2 Å². The number of fused-ring (bicyclic) bond motifs is 1. The van der Waals surface area contributed by atoms with Gasteiger partial charge in [0, 0.05) is 4.70 Å². The molecule has 0 saturated heterocycles. The van der Waals surface area contributed by atoms with E-state index >= 15 is 0 Å². The van der Waals surface area contributed by atoms with Crippen molar-refractivity contribution >= 4 is 39.0 Å². The summed E-state index contributed by atoms with van der Waals surface area (Å²) >= 11 is 1.05. The van der Waals surface area contributed by atoms with E-state index in [0.717, 1.165) is 17.4 Å². The van der Waals surface area contributed by atoms with Gasteiger partial charge >= 0.3 is 5.97 Å². The molecule has 0 fully saturated rings. The molecule has 0 radical (unpaired) electrons. The summed E-state index contributed by atoms with van der Waals surface area (Å²) < 4.78 is 58.0. The predicted molar refractivity (Wildman–Crippen MR) is 87.0 cm³/mol. The van der Waals surface area contributed by atoms with E-state index in [2.05, 4.69) is 0 Å². The molecule has 0 aliphatic carbocycles. The van der Waals surface area contributed by atoms with Crippen LogP contribution >= 0.6 is 11.3 Å². The Morgan fingerprint density at radius 3 is 2.54 bits per heavy atom. The number of carbonyl (C=O) groups excluding carboxylic acids is 2. The van der Waals surface area contributed by atoms with E-state index in [-0.39, 0.29) is 4.88 Å². The van der Waals surface area contributed by atoms with Crippen molar-refractivity contribution in [3.05, 3.63) is 64.5 Å². The number of hydrogen-bond acceptors (Lipinski definition) is 4. The number of thiophene rings is 1. The van der Waals surface area contributed by atoms with E-state index in [4.69, 9.17) is 4.74 Å². The van der Waals surface area contributed by atoms with Crippen LogP contribution in [0.4, 0.5) is 23.2 Å². The van der Waals surface area contributed by atoms with Gasteiger partial charge in [-0.2, -0.15) is 0 Å². The highest BCUT2D eigenvalue weighted by Gasteiger charge is 2.17. The number of esters is 1. The first kappa shape index (κ1) is 17.9. The van der Waals surface area contributed by atoms with E-state index in [1.165, 1.54) is 24.3 Å². The Morgan fingerprint density at radius 1 is 1.00 bits per heavy atom. The highest BCUT2D eigenvalue weighted by atomic mass is 32.1. The number of carbonyl (C=O) groups is 2. The molecule has 0 saturated carbocycles. The van der Waals surface area contributed by atoms with Gasteiger partial charge in [-0.05, 0) is 41.8 Å². The third-order valence-corrected chi connectivity index (χ3v) is 4.42. The van der Waals surface area contributed by atoms with Crippen molar-refractivity contribution in [2.24, 2.45) is 0 Å². The Kier molecular flexibility index (Phi) is 4.90. The monoisotopic (exact) mass is 383 g/mol. The van der Waals surface area contributed by atoms with E-state index < -0.39 is 47.4 Å². The summed E-state index contributed by atoms with van der Waals surface area (Å²) in [7, 11) is 0. The molecule has 1 N–H and O–H groups in total. The number of anilines is 1. The van der Waals surface area contributed by atoms with Gasteiger partial charge < -0.3 is 10.1 Å². The van der Waals surface area contributed by atoms with Crippen LogP contribution in [0.15, 0.2) is 36.4 Å². The second-order valence-corrected chi connectivity index (χ2v) is 6.22. The van der Waals surface area contributed by atoms with Gasteiger partial charge in [-0.3, -0.25) is 4.79 Å². The van der Waals surface area contributed by atoms with Crippen LogP contribution in [0.2, 0.25) is 0 Å². The summed E-state index contributed by atoms with van der Waals surface area (Å²) in [6.45, 7) is -0.764. The van der Waals surface area contributed by atoms with Crippen molar-refractivity contribution < 1.29 is 31.9 Å². The largest absolute Gasteiger partial charge is 0.451 e. The lowest BCUT2D eigenvalue weighted by Crippen LogP contribution is -2.21. The van der Waals surface area contributed by atoms with E-state index in [0.29, 0.717) is 16.2 Å². The standard InChI is InChI=1S/C17H9F4NO3S/c18-9-1-4-12-8(5-9)6-13(26-12)17(24)25-7-14(23)22-11-3-2-10(19)15(20)16(11)21/h1-6H,7H2,(H,22,23). The lowest BCUT2D eigenvalue weighted by molar-refractivity contribution is -0.119. The van der Waals surface area contributed by atoms with Gasteiger partial charge in [0.15, 0.2) is 24.1 Å². The molecule has 1 heterocycles. The third kappa shape index (κ3) is 3.67. The van der Waals surface area contributed by atoms with Crippen molar-refractivity contribution in [1.29, 1.82) is 0 Å². The van der Waals surface area contributed by atoms with Gasteiger partial charge in [0.2, 0.25) is 0 Å². The minimum Gasteiger partial charge on any atom is -0.451 e. The highest BCUT2D eigenvalue weighted by Crippen LogP contribution is 2.27. The molecule has 1 aromatic heterocycles. The zero-order chi connectivity index (χ0) is 18.8. The number of hydrogen-bond donors (Lipinski definition) is 1. The van der Waals surface area contributed by atoms with Gasteiger partial charge in [-0.25, -0.2) is 22.4 Å². The minimum atomic E-state index is -1.72. The van der Waals surface area contributed by atoms with Crippen LogP contribution in [0.25, 0.3) is 10.1 Å². The molecule has 0 spiro atoms. The van der Waals surface area contributed by atoms with Crippen molar-refractivity contribution in [1.82, 2.24) is 0 Å². The van der Waals surface area contributed by atoms with E-state index in [1.54, 1.807) is 0 Å². The van der Waals surface area contributed by atoms with Gasteiger partial charge in [-0.15, -0.1) is 11.3 Å². The van der Waals surface area contributed by atoms with Crippen LogP contribution in [0, 0.1) is 23.3 Å². The van der Waals surface area contributed by atoms with Crippen molar-refractivity contribution in [2.75, 3.05) is 11.9 Å².